The van der Waals surface area contributed by atoms with E-state index in [1.165, 1.54) is 11.3 Å². The largest absolute Gasteiger partial charge is 0.386 e. The quantitative estimate of drug-likeness (QED) is 0.282. The zero-order valence-electron chi connectivity index (χ0n) is 15.6. The number of piperazine rings is 1. The maximum absolute atomic E-state index is 10.2. The molecule has 0 radical (unpaired) electrons. The number of hydrogen-bond acceptors (Lipinski definition) is 5. The zero-order chi connectivity index (χ0) is 18.1. The third kappa shape index (κ3) is 8.26. The molecule has 0 aliphatic carbocycles. The monoisotopic (exact) mass is 515 g/mol. The predicted octanol–water partition coefficient (Wildman–Crippen LogP) is 2.25. The SMILES string of the molecule is CCNC(=NCC(O)c1ccc(Cl)s1)NCCN1CCN(CC)CC1.I. The Kier molecular flexibility index (Phi) is 12.1. The van der Waals surface area contributed by atoms with Gasteiger partial charge in [0.15, 0.2) is 5.96 Å². The molecule has 1 atom stereocenters. The molecule has 0 amide bonds. The Bertz CT molecular complexity index is 537. The lowest BCUT2D eigenvalue weighted by Crippen LogP contribution is -2.49. The van der Waals surface area contributed by atoms with Gasteiger partial charge in [-0.3, -0.25) is 9.89 Å². The molecule has 1 unspecified atom stereocenters. The molecular weight excluding hydrogens is 485 g/mol. The molecule has 6 nitrogen and oxygen atoms in total. The topological polar surface area (TPSA) is 63.1 Å². The lowest BCUT2D eigenvalue weighted by Gasteiger charge is -2.34. The van der Waals surface area contributed by atoms with Crippen molar-refractivity contribution in [2.75, 3.05) is 58.9 Å². The highest BCUT2D eigenvalue weighted by atomic mass is 127. The van der Waals surface area contributed by atoms with Crippen molar-refractivity contribution in [2.45, 2.75) is 20.0 Å². The second kappa shape index (κ2) is 13.1. The van der Waals surface area contributed by atoms with E-state index in [1.54, 1.807) is 6.07 Å². The number of guanidine groups is 1. The third-order valence-corrected chi connectivity index (χ3v) is 5.65. The van der Waals surface area contributed by atoms with Crippen molar-refractivity contribution in [3.05, 3.63) is 21.3 Å². The molecule has 2 heterocycles. The Balaban J connectivity index is 0.00000338. The smallest absolute Gasteiger partial charge is 0.191 e. The van der Waals surface area contributed by atoms with Gasteiger partial charge in [-0.2, -0.15) is 0 Å². The van der Waals surface area contributed by atoms with Gasteiger partial charge in [0.05, 0.1) is 10.9 Å². The fourth-order valence-electron chi connectivity index (χ4n) is 2.78. The van der Waals surface area contributed by atoms with Crippen molar-refractivity contribution in [2.24, 2.45) is 4.99 Å². The number of aliphatic hydroxyl groups excluding tert-OH is 1. The molecule has 2 rings (SSSR count). The van der Waals surface area contributed by atoms with Crippen LogP contribution in [0.1, 0.15) is 24.8 Å². The Morgan fingerprint density at radius 2 is 1.92 bits per heavy atom. The fourth-order valence-corrected chi connectivity index (χ4v) is 3.82. The van der Waals surface area contributed by atoms with Crippen LogP contribution in [0, 0.1) is 0 Å². The fraction of sp³-hybridized carbons (Fsp3) is 0.706. The van der Waals surface area contributed by atoms with Gasteiger partial charge in [-0.05, 0) is 25.6 Å². The molecule has 0 bridgehead atoms. The van der Waals surface area contributed by atoms with Gasteiger partial charge < -0.3 is 20.6 Å². The average molecular weight is 516 g/mol. The highest BCUT2D eigenvalue weighted by molar-refractivity contribution is 14.0. The van der Waals surface area contributed by atoms with E-state index in [4.69, 9.17) is 11.6 Å². The summed E-state index contributed by atoms with van der Waals surface area (Å²) >= 11 is 7.31. The summed E-state index contributed by atoms with van der Waals surface area (Å²) < 4.78 is 0.686. The lowest BCUT2D eigenvalue weighted by molar-refractivity contribution is 0.139. The van der Waals surface area contributed by atoms with Gasteiger partial charge >= 0.3 is 0 Å². The number of nitrogens with zero attached hydrogens (tertiary/aromatic N) is 3. The minimum Gasteiger partial charge on any atom is -0.386 e. The van der Waals surface area contributed by atoms with E-state index in [0.717, 1.165) is 63.2 Å². The van der Waals surface area contributed by atoms with E-state index in [0.29, 0.717) is 10.9 Å². The summed E-state index contributed by atoms with van der Waals surface area (Å²) in [7, 11) is 0. The number of rotatable bonds is 8. The van der Waals surface area contributed by atoms with Crippen LogP contribution >= 0.6 is 46.9 Å². The molecule has 1 fully saturated rings. The van der Waals surface area contributed by atoms with Crippen molar-refractivity contribution >= 4 is 52.9 Å². The summed E-state index contributed by atoms with van der Waals surface area (Å²) in [5.41, 5.74) is 0. The number of nitrogens with one attached hydrogen (secondary N) is 2. The van der Waals surface area contributed by atoms with Crippen LogP contribution in [0.5, 0.6) is 0 Å². The first-order chi connectivity index (χ1) is 12.1. The number of aliphatic imine (C=N–C) groups is 1. The van der Waals surface area contributed by atoms with Crippen molar-refractivity contribution in [3.63, 3.8) is 0 Å². The number of hydrogen-bond donors (Lipinski definition) is 3. The summed E-state index contributed by atoms with van der Waals surface area (Å²) in [6.45, 7) is 12.9. The molecule has 9 heteroatoms. The van der Waals surface area contributed by atoms with E-state index in [1.807, 2.05) is 13.0 Å². The highest BCUT2D eigenvalue weighted by Crippen LogP contribution is 2.26. The molecule has 3 N–H and O–H groups in total. The van der Waals surface area contributed by atoms with Gasteiger partial charge in [-0.25, -0.2) is 0 Å². The third-order valence-electron chi connectivity index (χ3n) is 4.32. The molecule has 1 aliphatic rings. The number of halogens is 2. The molecule has 1 aliphatic heterocycles. The first-order valence-corrected chi connectivity index (χ1v) is 10.2. The Labute approximate surface area is 183 Å². The van der Waals surface area contributed by atoms with Crippen LogP contribution in [0.15, 0.2) is 17.1 Å². The maximum Gasteiger partial charge on any atom is 0.191 e. The second-order valence-electron chi connectivity index (χ2n) is 6.08. The van der Waals surface area contributed by atoms with Crippen LogP contribution in [0.2, 0.25) is 4.34 Å². The highest BCUT2D eigenvalue weighted by Gasteiger charge is 2.15. The minimum absolute atomic E-state index is 0. The molecule has 150 valence electrons. The summed E-state index contributed by atoms with van der Waals surface area (Å²) in [6.07, 6.45) is -0.616. The van der Waals surface area contributed by atoms with E-state index in [9.17, 15) is 5.11 Å². The second-order valence-corrected chi connectivity index (χ2v) is 7.83. The number of aliphatic hydroxyl groups is 1. The minimum atomic E-state index is -0.616. The molecular formula is C17H31ClIN5OS. The standard InChI is InChI=1S/C17H30ClN5OS.HI/c1-3-19-17(21-13-14(24)15-5-6-16(18)25-15)20-7-8-23-11-9-22(4-2)10-12-23;/h5-6,14,24H,3-4,7-13H2,1-2H3,(H2,19,20,21);1H. The molecule has 0 aromatic carbocycles. The molecule has 0 spiro atoms. The zero-order valence-corrected chi connectivity index (χ0v) is 19.5. The van der Waals surface area contributed by atoms with Gasteiger partial charge in [-0.15, -0.1) is 35.3 Å². The van der Waals surface area contributed by atoms with Gasteiger partial charge in [0, 0.05) is 50.7 Å². The Morgan fingerprint density at radius 1 is 1.23 bits per heavy atom. The van der Waals surface area contributed by atoms with Gasteiger partial charge in [0.1, 0.15) is 6.10 Å². The number of likely N-dealkylation sites (N-methyl/N-ethyl adjacent to an activating group) is 1. The van der Waals surface area contributed by atoms with E-state index in [-0.39, 0.29) is 24.0 Å². The molecule has 1 aromatic rings. The van der Waals surface area contributed by atoms with Crippen LogP contribution in [-0.4, -0.2) is 79.8 Å². The Morgan fingerprint density at radius 3 is 2.50 bits per heavy atom. The molecule has 0 saturated carbocycles. The van der Waals surface area contributed by atoms with Gasteiger partial charge in [-0.1, -0.05) is 18.5 Å². The summed E-state index contributed by atoms with van der Waals surface area (Å²) in [5, 5.41) is 16.8. The maximum atomic E-state index is 10.2. The molecule has 1 saturated heterocycles. The van der Waals surface area contributed by atoms with Crippen LogP contribution in [0.3, 0.4) is 0 Å². The van der Waals surface area contributed by atoms with Gasteiger partial charge in [0.2, 0.25) is 0 Å². The van der Waals surface area contributed by atoms with Crippen LogP contribution in [0.25, 0.3) is 0 Å². The normalized spacial score (nSPS) is 17.6. The van der Waals surface area contributed by atoms with Crippen LogP contribution in [0.4, 0.5) is 0 Å². The van der Waals surface area contributed by atoms with Crippen molar-refractivity contribution < 1.29 is 5.11 Å². The van der Waals surface area contributed by atoms with Gasteiger partial charge in [0.25, 0.3) is 0 Å². The summed E-state index contributed by atoms with van der Waals surface area (Å²) in [4.78, 5) is 10.3. The van der Waals surface area contributed by atoms with Crippen LogP contribution in [-0.2, 0) is 0 Å². The average Bonchev–Trinajstić information content (AvgIpc) is 3.06. The van der Waals surface area contributed by atoms with Crippen molar-refractivity contribution in [1.29, 1.82) is 0 Å². The molecule has 26 heavy (non-hydrogen) atoms. The summed E-state index contributed by atoms with van der Waals surface area (Å²) in [6, 6.07) is 3.65. The Hall–Kier alpha value is -0.130. The van der Waals surface area contributed by atoms with E-state index in [2.05, 4.69) is 32.3 Å². The first kappa shape index (κ1) is 23.9. The van der Waals surface area contributed by atoms with Crippen molar-refractivity contribution in [3.8, 4) is 0 Å². The van der Waals surface area contributed by atoms with Crippen molar-refractivity contribution in [1.82, 2.24) is 20.4 Å². The van der Waals surface area contributed by atoms with E-state index >= 15 is 0 Å². The lowest BCUT2D eigenvalue weighted by atomic mass is 10.3. The van der Waals surface area contributed by atoms with Crippen LogP contribution < -0.4 is 10.6 Å². The number of thiophene rings is 1. The first-order valence-electron chi connectivity index (χ1n) is 9.02. The van der Waals surface area contributed by atoms with E-state index < -0.39 is 6.10 Å². The summed E-state index contributed by atoms with van der Waals surface area (Å²) in [5.74, 6) is 0.747. The predicted molar refractivity (Wildman–Crippen MR) is 122 cm³/mol. The molecule has 1 aromatic heterocycles.